The molecule has 1 aliphatic heterocycles. The Balaban J connectivity index is 1.76. The molecule has 1 unspecified atom stereocenters. The van der Waals surface area contributed by atoms with Crippen molar-refractivity contribution in [2.45, 2.75) is 31.8 Å². The Kier molecular flexibility index (Phi) is 3.14. The van der Waals surface area contributed by atoms with Gasteiger partial charge in [0, 0.05) is 18.6 Å². The Hall–Kier alpha value is -1.26. The highest BCUT2D eigenvalue weighted by Gasteiger charge is 2.22. The highest BCUT2D eigenvalue weighted by Crippen LogP contribution is 2.34. The van der Waals surface area contributed by atoms with Gasteiger partial charge in [-0.25, -0.2) is 0 Å². The van der Waals surface area contributed by atoms with Crippen molar-refractivity contribution in [2.24, 2.45) is 5.73 Å². The van der Waals surface area contributed by atoms with Crippen molar-refractivity contribution in [2.75, 3.05) is 19.8 Å². The van der Waals surface area contributed by atoms with E-state index < -0.39 is 0 Å². The van der Waals surface area contributed by atoms with E-state index in [9.17, 15) is 0 Å². The second-order valence-corrected chi connectivity index (χ2v) is 5.14. The summed E-state index contributed by atoms with van der Waals surface area (Å²) in [6.45, 7) is 4.14. The van der Waals surface area contributed by atoms with E-state index in [-0.39, 0.29) is 6.04 Å². The molecule has 18 heavy (non-hydrogen) atoms. The number of hydrogen-bond donors (Lipinski definition) is 2. The molecule has 3 rings (SSSR count). The highest BCUT2D eigenvalue weighted by molar-refractivity contribution is 5.48. The molecular weight excluding hydrogens is 228 g/mol. The molecule has 1 aromatic rings. The number of hydrogen-bond acceptors (Lipinski definition) is 4. The third kappa shape index (κ3) is 2.44. The van der Waals surface area contributed by atoms with Crippen LogP contribution in [0.1, 0.15) is 30.0 Å². The van der Waals surface area contributed by atoms with Gasteiger partial charge in [-0.1, -0.05) is 0 Å². The maximum absolute atomic E-state index is 6.25. The first-order chi connectivity index (χ1) is 8.74. The molecule has 0 bridgehead atoms. The number of fused-ring (bicyclic) bond motifs is 1. The van der Waals surface area contributed by atoms with E-state index in [0.717, 1.165) is 23.6 Å². The third-order valence-corrected chi connectivity index (χ3v) is 3.53. The lowest BCUT2D eigenvalue weighted by Gasteiger charge is -2.22. The van der Waals surface area contributed by atoms with Crippen LogP contribution in [0, 0.1) is 6.92 Å². The minimum atomic E-state index is 0.0152. The van der Waals surface area contributed by atoms with Gasteiger partial charge in [0.2, 0.25) is 0 Å². The molecular formula is C14H20N2O2. The molecule has 0 spiro atoms. The fraction of sp³-hybridized carbons (Fsp3) is 0.571. The summed E-state index contributed by atoms with van der Waals surface area (Å²) in [5, 5.41) is 3.47. The second-order valence-electron chi connectivity index (χ2n) is 5.14. The molecule has 1 aromatic carbocycles. The number of aryl methyl sites for hydroxylation is 1. The minimum absolute atomic E-state index is 0.0152. The summed E-state index contributed by atoms with van der Waals surface area (Å²) in [5.41, 5.74) is 8.56. The van der Waals surface area contributed by atoms with Crippen LogP contribution in [0.25, 0.3) is 0 Å². The van der Waals surface area contributed by atoms with Crippen molar-refractivity contribution in [3.63, 3.8) is 0 Å². The van der Waals surface area contributed by atoms with Gasteiger partial charge in [0.25, 0.3) is 0 Å². The van der Waals surface area contributed by atoms with E-state index >= 15 is 0 Å². The van der Waals surface area contributed by atoms with Crippen molar-refractivity contribution in [3.8, 4) is 11.5 Å². The second kappa shape index (κ2) is 4.78. The fourth-order valence-corrected chi connectivity index (χ4v) is 2.30. The monoisotopic (exact) mass is 248 g/mol. The number of nitrogens with two attached hydrogens (primary N) is 1. The molecule has 0 aromatic heterocycles. The largest absolute Gasteiger partial charge is 0.486 e. The van der Waals surface area contributed by atoms with E-state index in [0.29, 0.717) is 19.3 Å². The maximum atomic E-state index is 6.25. The van der Waals surface area contributed by atoms with Crippen molar-refractivity contribution < 1.29 is 9.47 Å². The molecule has 1 saturated carbocycles. The van der Waals surface area contributed by atoms with E-state index in [1.807, 2.05) is 12.1 Å². The van der Waals surface area contributed by atoms with Crippen molar-refractivity contribution in [1.29, 1.82) is 0 Å². The lowest BCUT2D eigenvalue weighted by atomic mass is 10.0. The normalized spacial score (nSPS) is 19.7. The smallest absolute Gasteiger partial charge is 0.161 e. The van der Waals surface area contributed by atoms with E-state index in [1.54, 1.807) is 0 Å². The first-order valence-corrected chi connectivity index (χ1v) is 6.63. The Morgan fingerprint density at radius 2 is 1.94 bits per heavy atom. The molecule has 3 N–H and O–H groups in total. The molecule has 0 amide bonds. The topological polar surface area (TPSA) is 56.5 Å². The van der Waals surface area contributed by atoms with Gasteiger partial charge < -0.3 is 20.5 Å². The van der Waals surface area contributed by atoms with Crippen molar-refractivity contribution in [3.05, 3.63) is 23.3 Å². The number of benzene rings is 1. The van der Waals surface area contributed by atoms with Crippen LogP contribution < -0.4 is 20.5 Å². The molecule has 0 radical (unpaired) electrons. The van der Waals surface area contributed by atoms with Gasteiger partial charge in [-0.05, 0) is 43.0 Å². The standard InChI is InChI=1S/C14H20N2O2/c1-9-6-13-14(18-5-4-17-13)7-11(9)12(15)8-16-10-2-3-10/h6-7,10,12,16H,2-5,8,15H2,1H3. The molecule has 2 aliphatic rings. The predicted octanol–water partition coefficient (Wildman–Crippen LogP) is 1.52. The summed E-state index contributed by atoms with van der Waals surface area (Å²) in [4.78, 5) is 0. The third-order valence-electron chi connectivity index (χ3n) is 3.53. The Morgan fingerprint density at radius 3 is 2.61 bits per heavy atom. The van der Waals surface area contributed by atoms with Crippen LogP contribution in [0.4, 0.5) is 0 Å². The Bertz CT molecular complexity index is 444. The quantitative estimate of drug-likeness (QED) is 0.848. The van der Waals surface area contributed by atoms with Crippen molar-refractivity contribution >= 4 is 0 Å². The first kappa shape index (κ1) is 11.8. The van der Waals surface area contributed by atoms with Gasteiger partial charge in [-0.2, -0.15) is 0 Å². The van der Waals surface area contributed by atoms with Crippen LogP contribution in [0.15, 0.2) is 12.1 Å². The average Bonchev–Trinajstić information content (AvgIpc) is 3.19. The highest BCUT2D eigenvalue weighted by atomic mass is 16.6. The van der Waals surface area contributed by atoms with Gasteiger partial charge >= 0.3 is 0 Å². The molecule has 98 valence electrons. The lowest BCUT2D eigenvalue weighted by molar-refractivity contribution is 0.171. The summed E-state index contributed by atoms with van der Waals surface area (Å²) in [6, 6.07) is 4.76. The zero-order valence-electron chi connectivity index (χ0n) is 10.7. The van der Waals surface area contributed by atoms with Crippen LogP contribution >= 0.6 is 0 Å². The minimum Gasteiger partial charge on any atom is -0.486 e. The first-order valence-electron chi connectivity index (χ1n) is 6.63. The van der Waals surface area contributed by atoms with Crippen LogP contribution in [0.5, 0.6) is 11.5 Å². The van der Waals surface area contributed by atoms with E-state index in [1.165, 1.54) is 18.4 Å². The van der Waals surface area contributed by atoms with Crippen molar-refractivity contribution in [1.82, 2.24) is 5.32 Å². The number of ether oxygens (including phenoxy) is 2. The molecule has 0 saturated heterocycles. The zero-order valence-corrected chi connectivity index (χ0v) is 10.7. The van der Waals surface area contributed by atoms with E-state index in [4.69, 9.17) is 15.2 Å². The summed E-state index contributed by atoms with van der Waals surface area (Å²) < 4.78 is 11.2. The molecule has 4 heteroatoms. The fourth-order valence-electron chi connectivity index (χ4n) is 2.30. The maximum Gasteiger partial charge on any atom is 0.161 e. The predicted molar refractivity (Wildman–Crippen MR) is 70.1 cm³/mol. The number of nitrogens with one attached hydrogen (secondary N) is 1. The summed E-state index contributed by atoms with van der Waals surface area (Å²) >= 11 is 0. The molecule has 4 nitrogen and oxygen atoms in total. The lowest BCUT2D eigenvalue weighted by Crippen LogP contribution is -2.29. The summed E-state index contributed by atoms with van der Waals surface area (Å²) in [7, 11) is 0. The molecule has 1 aliphatic carbocycles. The SMILES string of the molecule is Cc1cc2c(cc1C(N)CNC1CC1)OCCO2. The van der Waals surface area contributed by atoms with Crippen LogP contribution in [-0.2, 0) is 0 Å². The van der Waals surface area contributed by atoms with Crippen LogP contribution in [-0.4, -0.2) is 25.8 Å². The average molecular weight is 248 g/mol. The van der Waals surface area contributed by atoms with Gasteiger partial charge in [-0.15, -0.1) is 0 Å². The van der Waals surface area contributed by atoms with Crippen LogP contribution in [0.2, 0.25) is 0 Å². The summed E-state index contributed by atoms with van der Waals surface area (Å²) in [6.07, 6.45) is 2.57. The number of rotatable bonds is 4. The summed E-state index contributed by atoms with van der Waals surface area (Å²) in [5.74, 6) is 1.66. The van der Waals surface area contributed by atoms with Crippen LogP contribution in [0.3, 0.4) is 0 Å². The molecule has 1 atom stereocenters. The van der Waals surface area contributed by atoms with Gasteiger partial charge in [0.05, 0.1) is 0 Å². The molecule has 1 fully saturated rings. The van der Waals surface area contributed by atoms with Gasteiger partial charge in [-0.3, -0.25) is 0 Å². The zero-order chi connectivity index (χ0) is 12.5. The van der Waals surface area contributed by atoms with E-state index in [2.05, 4.69) is 12.2 Å². The van der Waals surface area contributed by atoms with Gasteiger partial charge in [0.15, 0.2) is 11.5 Å². The van der Waals surface area contributed by atoms with Gasteiger partial charge in [0.1, 0.15) is 13.2 Å². The Morgan fingerprint density at radius 1 is 1.28 bits per heavy atom. The Labute approximate surface area is 107 Å². The molecule has 1 heterocycles.